The number of carbonyl (C=O) groups excluding carboxylic acids is 2. The number of carbonyl (C=O) groups is 2. The zero-order chi connectivity index (χ0) is 16.0. The first kappa shape index (κ1) is 16.3. The fourth-order valence-electron chi connectivity index (χ4n) is 1.51. The Labute approximate surface area is 116 Å². The van der Waals surface area contributed by atoms with E-state index < -0.39 is 28.9 Å². The van der Waals surface area contributed by atoms with Crippen molar-refractivity contribution in [1.82, 2.24) is 25.0 Å². The van der Waals surface area contributed by atoms with Gasteiger partial charge in [0.25, 0.3) is 0 Å². The lowest BCUT2D eigenvalue weighted by molar-refractivity contribution is -0.122. The number of rotatable bonds is 6. The van der Waals surface area contributed by atoms with Gasteiger partial charge in [-0.1, -0.05) is 0 Å². The number of aromatic nitrogens is 3. The minimum atomic E-state index is -0.950. The lowest BCUT2D eigenvalue weighted by atomic mass is 10.4. The van der Waals surface area contributed by atoms with E-state index >= 15 is 0 Å². The lowest BCUT2D eigenvalue weighted by Gasteiger charge is -2.08. The number of nitrogens with one attached hydrogen (secondary N) is 3. The molecule has 0 bridgehead atoms. The Morgan fingerprint density at radius 3 is 1.62 bits per heavy atom. The first-order valence-electron chi connectivity index (χ1n) is 5.83. The zero-order valence-corrected chi connectivity index (χ0v) is 10.9. The van der Waals surface area contributed by atoms with Crippen molar-refractivity contribution in [3.63, 3.8) is 0 Å². The van der Waals surface area contributed by atoms with E-state index in [1.807, 2.05) is 15.8 Å². The summed E-state index contributed by atoms with van der Waals surface area (Å²) in [5.74, 6) is 8.59. The maximum absolute atomic E-state index is 12.0. The van der Waals surface area contributed by atoms with Crippen molar-refractivity contribution < 1.29 is 9.59 Å². The molecule has 12 nitrogen and oxygen atoms in total. The fraction of sp³-hybridized carbons (Fsp3) is 0.444. The monoisotopic (exact) mass is 301 g/mol. The number of nitrogens with two attached hydrogens (primary N) is 2. The number of H-pyrrole nitrogens is 1. The van der Waals surface area contributed by atoms with Gasteiger partial charge in [0.05, 0.1) is 0 Å². The molecular weight excluding hydrogens is 286 g/mol. The van der Waals surface area contributed by atoms with Crippen LogP contribution in [0.1, 0.15) is 12.8 Å². The quantitative estimate of drug-likeness (QED) is 0.199. The molecule has 0 aliphatic rings. The van der Waals surface area contributed by atoms with Crippen LogP contribution < -0.4 is 39.6 Å². The number of hydrogen-bond acceptors (Lipinski definition) is 7. The van der Waals surface area contributed by atoms with Crippen LogP contribution in [0.4, 0.5) is 0 Å². The van der Waals surface area contributed by atoms with E-state index in [0.29, 0.717) is 9.13 Å². The average molecular weight is 301 g/mol. The number of hydrazine groups is 2. The van der Waals surface area contributed by atoms with E-state index in [0.717, 1.165) is 0 Å². The van der Waals surface area contributed by atoms with Crippen LogP contribution in [0.25, 0.3) is 0 Å². The Morgan fingerprint density at radius 1 is 0.905 bits per heavy atom. The first-order chi connectivity index (χ1) is 9.90. The van der Waals surface area contributed by atoms with Gasteiger partial charge in [-0.3, -0.25) is 25.4 Å². The van der Waals surface area contributed by atoms with Crippen molar-refractivity contribution >= 4 is 11.8 Å². The Kier molecular flexibility index (Phi) is 5.57. The fourth-order valence-corrected chi connectivity index (χ4v) is 1.51. The lowest BCUT2D eigenvalue weighted by Crippen LogP contribution is -2.50. The SMILES string of the molecule is NNC(=O)CCn1c(=O)[nH]c(=O)n(CCC(=O)NN)c1=O. The Balaban J connectivity index is 3.08. The molecule has 1 aromatic heterocycles. The topological polar surface area (TPSA) is 187 Å². The molecule has 1 aromatic rings. The third-order valence-electron chi connectivity index (χ3n) is 2.61. The van der Waals surface area contributed by atoms with Crippen molar-refractivity contribution in [2.75, 3.05) is 0 Å². The van der Waals surface area contributed by atoms with E-state index in [1.165, 1.54) is 0 Å². The highest BCUT2D eigenvalue weighted by molar-refractivity contribution is 5.75. The summed E-state index contributed by atoms with van der Waals surface area (Å²) in [5, 5.41) is 0. The van der Waals surface area contributed by atoms with Gasteiger partial charge in [-0.2, -0.15) is 0 Å². The molecule has 0 aromatic carbocycles. The molecule has 0 saturated heterocycles. The second-order valence-electron chi connectivity index (χ2n) is 3.96. The van der Waals surface area contributed by atoms with Gasteiger partial charge < -0.3 is 0 Å². The average Bonchev–Trinajstić information content (AvgIpc) is 2.45. The first-order valence-corrected chi connectivity index (χ1v) is 5.83. The molecule has 116 valence electrons. The minimum Gasteiger partial charge on any atom is -0.294 e. The van der Waals surface area contributed by atoms with Gasteiger partial charge in [0, 0.05) is 25.9 Å². The second kappa shape index (κ2) is 7.16. The van der Waals surface area contributed by atoms with Crippen LogP contribution >= 0.6 is 0 Å². The van der Waals surface area contributed by atoms with E-state index in [4.69, 9.17) is 11.7 Å². The molecule has 2 amide bonds. The minimum absolute atomic E-state index is 0.221. The van der Waals surface area contributed by atoms with Crippen molar-refractivity contribution in [3.8, 4) is 0 Å². The Bertz CT molecular complexity index is 644. The summed E-state index contributed by atoms with van der Waals surface area (Å²) in [4.78, 5) is 59.0. The maximum Gasteiger partial charge on any atom is 0.336 e. The smallest absolute Gasteiger partial charge is 0.294 e. The summed E-state index contributed by atoms with van der Waals surface area (Å²) in [6.45, 7) is -0.527. The highest BCUT2D eigenvalue weighted by atomic mass is 16.2. The summed E-state index contributed by atoms with van der Waals surface area (Å²) in [5.41, 5.74) is 0.860. The van der Waals surface area contributed by atoms with Gasteiger partial charge in [0.15, 0.2) is 0 Å². The van der Waals surface area contributed by atoms with Crippen molar-refractivity contribution in [3.05, 3.63) is 31.5 Å². The van der Waals surface area contributed by atoms with Gasteiger partial charge in [-0.25, -0.2) is 35.2 Å². The molecule has 12 heteroatoms. The van der Waals surface area contributed by atoms with Gasteiger partial charge in [0.1, 0.15) is 0 Å². The Hall–Kier alpha value is -2.73. The predicted molar refractivity (Wildman–Crippen MR) is 69.5 cm³/mol. The van der Waals surface area contributed by atoms with Crippen LogP contribution in [0.3, 0.4) is 0 Å². The molecule has 0 aliphatic heterocycles. The predicted octanol–water partition coefficient (Wildman–Crippen LogP) is -4.54. The molecule has 1 heterocycles. The molecule has 0 radical (unpaired) electrons. The van der Waals surface area contributed by atoms with Crippen LogP contribution in [-0.2, 0) is 22.7 Å². The van der Waals surface area contributed by atoms with E-state index in [1.54, 1.807) is 0 Å². The van der Waals surface area contributed by atoms with E-state index in [2.05, 4.69) is 0 Å². The molecule has 0 atom stereocenters. The van der Waals surface area contributed by atoms with Crippen molar-refractivity contribution in [1.29, 1.82) is 0 Å². The van der Waals surface area contributed by atoms with Gasteiger partial charge >= 0.3 is 17.1 Å². The standard InChI is InChI=1S/C9H15N7O5/c10-13-5(17)1-3-15-7(19)12-8(20)16(9(15)21)4-2-6(18)14-11/h1-4,10-11H2,(H,13,17)(H,14,18)(H,12,19,20). The molecule has 0 spiro atoms. The summed E-state index contributed by atoms with van der Waals surface area (Å²) in [6.07, 6.45) is -0.443. The largest absolute Gasteiger partial charge is 0.336 e. The molecule has 0 fully saturated rings. The van der Waals surface area contributed by atoms with E-state index in [9.17, 15) is 24.0 Å². The molecule has 21 heavy (non-hydrogen) atoms. The molecule has 0 unspecified atom stereocenters. The molecule has 0 aliphatic carbocycles. The van der Waals surface area contributed by atoms with Crippen molar-refractivity contribution in [2.45, 2.75) is 25.9 Å². The molecule has 7 N–H and O–H groups in total. The van der Waals surface area contributed by atoms with E-state index in [-0.39, 0.29) is 25.9 Å². The summed E-state index contributed by atoms with van der Waals surface area (Å²) in [7, 11) is 0. The highest BCUT2D eigenvalue weighted by Gasteiger charge is 2.12. The number of nitrogens with zero attached hydrogens (tertiary/aromatic N) is 2. The van der Waals surface area contributed by atoms with Gasteiger partial charge in [-0.05, 0) is 0 Å². The number of amides is 2. The van der Waals surface area contributed by atoms with Crippen LogP contribution in [0.5, 0.6) is 0 Å². The number of hydrogen-bond donors (Lipinski definition) is 5. The van der Waals surface area contributed by atoms with Gasteiger partial charge in [0.2, 0.25) is 11.8 Å². The second-order valence-corrected chi connectivity index (χ2v) is 3.96. The van der Waals surface area contributed by atoms with Gasteiger partial charge in [-0.15, -0.1) is 0 Å². The highest BCUT2D eigenvalue weighted by Crippen LogP contribution is 1.84. The van der Waals surface area contributed by atoms with Crippen LogP contribution in [-0.4, -0.2) is 25.9 Å². The van der Waals surface area contributed by atoms with Crippen LogP contribution in [0, 0.1) is 0 Å². The molecule has 1 rings (SSSR count). The third-order valence-corrected chi connectivity index (χ3v) is 2.61. The summed E-state index contributed by atoms with van der Waals surface area (Å²) < 4.78 is 1.33. The maximum atomic E-state index is 12.0. The zero-order valence-electron chi connectivity index (χ0n) is 10.9. The van der Waals surface area contributed by atoms with Crippen molar-refractivity contribution in [2.24, 2.45) is 11.7 Å². The number of aromatic amines is 1. The molecular formula is C9H15N7O5. The summed E-state index contributed by atoms with van der Waals surface area (Å²) in [6, 6.07) is 0. The molecule has 0 saturated carbocycles. The third kappa shape index (κ3) is 4.12. The summed E-state index contributed by atoms with van der Waals surface area (Å²) >= 11 is 0. The van der Waals surface area contributed by atoms with Crippen LogP contribution in [0.15, 0.2) is 14.4 Å². The normalized spacial score (nSPS) is 10.2. The van der Waals surface area contributed by atoms with Crippen LogP contribution in [0.2, 0.25) is 0 Å². The Morgan fingerprint density at radius 2 is 1.29 bits per heavy atom.